The van der Waals surface area contributed by atoms with Gasteiger partial charge >= 0.3 is 0 Å². The van der Waals surface area contributed by atoms with Crippen molar-refractivity contribution in [2.45, 2.75) is 6.54 Å². The number of halogens is 1. The first-order valence-electron chi connectivity index (χ1n) is 8.85. The molecule has 0 radical (unpaired) electrons. The molecular weight excluding hydrogens is 416 g/mol. The van der Waals surface area contributed by atoms with Gasteiger partial charge in [-0.05, 0) is 60.2 Å². The highest BCUT2D eigenvalue weighted by atomic mass is 79.9. The Morgan fingerprint density at radius 3 is 2.57 bits per heavy atom. The van der Waals surface area contributed by atoms with E-state index in [4.69, 9.17) is 4.74 Å². The van der Waals surface area contributed by atoms with Gasteiger partial charge in [-0.2, -0.15) is 0 Å². The van der Waals surface area contributed by atoms with Crippen LogP contribution in [0.4, 0.5) is 17.2 Å². The van der Waals surface area contributed by atoms with Gasteiger partial charge in [0.1, 0.15) is 17.9 Å². The summed E-state index contributed by atoms with van der Waals surface area (Å²) in [5.41, 5.74) is 4.01. The summed E-state index contributed by atoms with van der Waals surface area (Å²) in [6.07, 6.45) is 1.58. The smallest absolute Gasteiger partial charge is 0.141 e. The highest BCUT2D eigenvalue weighted by Gasteiger charge is 2.06. The Labute approximate surface area is 171 Å². The fraction of sp³-hybridized carbons (Fsp3) is 0.0909. The fourth-order valence-electron chi connectivity index (χ4n) is 2.92. The molecule has 1 aromatic heterocycles. The number of benzene rings is 3. The predicted molar refractivity (Wildman–Crippen MR) is 117 cm³/mol. The largest absolute Gasteiger partial charge is 0.497 e. The Hall–Kier alpha value is -3.12. The second-order valence-corrected chi connectivity index (χ2v) is 7.21. The van der Waals surface area contributed by atoms with Crippen LogP contribution >= 0.6 is 15.9 Å². The molecule has 6 heteroatoms. The lowest BCUT2D eigenvalue weighted by atomic mass is 10.1. The van der Waals surface area contributed by atoms with Crippen LogP contribution in [0.15, 0.2) is 77.5 Å². The fourth-order valence-corrected chi connectivity index (χ4v) is 3.19. The van der Waals surface area contributed by atoms with Crippen molar-refractivity contribution in [2.24, 2.45) is 0 Å². The molecular formula is C22H19BrN4O. The molecule has 0 fully saturated rings. The molecule has 0 aliphatic carbocycles. The van der Waals surface area contributed by atoms with Gasteiger partial charge in [-0.25, -0.2) is 9.97 Å². The summed E-state index contributed by atoms with van der Waals surface area (Å²) in [5, 5.41) is 7.79. The minimum atomic E-state index is 0.700. The van der Waals surface area contributed by atoms with E-state index in [1.165, 1.54) is 0 Å². The maximum atomic E-state index is 5.29. The number of nitrogens with zero attached hydrogens (tertiary/aromatic N) is 2. The molecule has 0 saturated carbocycles. The molecule has 0 saturated heterocycles. The van der Waals surface area contributed by atoms with Crippen molar-refractivity contribution in [2.75, 3.05) is 17.7 Å². The Kier molecular flexibility index (Phi) is 5.39. The number of hydrogen-bond donors (Lipinski definition) is 2. The first-order valence-corrected chi connectivity index (χ1v) is 9.65. The molecule has 0 spiro atoms. The van der Waals surface area contributed by atoms with Gasteiger partial charge in [0.2, 0.25) is 0 Å². The first kappa shape index (κ1) is 18.3. The van der Waals surface area contributed by atoms with Crippen LogP contribution in [0.2, 0.25) is 0 Å². The van der Waals surface area contributed by atoms with Crippen LogP contribution in [-0.4, -0.2) is 17.1 Å². The Balaban J connectivity index is 1.57. The van der Waals surface area contributed by atoms with Gasteiger partial charge in [0.25, 0.3) is 0 Å². The van der Waals surface area contributed by atoms with Crippen LogP contribution in [0, 0.1) is 0 Å². The van der Waals surface area contributed by atoms with E-state index < -0.39 is 0 Å². The molecule has 0 aliphatic heterocycles. The second kappa shape index (κ2) is 8.27. The molecule has 0 bridgehead atoms. The van der Waals surface area contributed by atoms with E-state index in [9.17, 15) is 0 Å². The minimum Gasteiger partial charge on any atom is -0.497 e. The average Bonchev–Trinajstić information content (AvgIpc) is 2.74. The quantitative estimate of drug-likeness (QED) is 0.404. The van der Waals surface area contributed by atoms with E-state index in [-0.39, 0.29) is 0 Å². The van der Waals surface area contributed by atoms with E-state index in [2.05, 4.69) is 48.7 Å². The molecule has 2 N–H and O–H groups in total. The Morgan fingerprint density at radius 1 is 0.929 bits per heavy atom. The molecule has 3 aromatic carbocycles. The molecule has 0 atom stereocenters. The second-order valence-electron chi connectivity index (χ2n) is 6.29. The third kappa shape index (κ3) is 4.23. The van der Waals surface area contributed by atoms with Gasteiger partial charge in [0, 0.05) is 27.8 Å². The summed E-state index contributed by atoms with van der Waals surface area (Å²) >= 11 is 3.46. The minimum absolute atomic E-state index is 0.700. The van der Waals surface area contributed by atoms with E-state index in [0.29, 0.717) is 6.54 Å². The topological polar surface area (TPSA) is 59.1 Å². The zero-order valence-electron chi connectivity index (χ0n) is 15.3. The zero-order chi connectivity index (χ0) is 19.3. The number of anilines is 3. The number of fused-ring (bicyclic) bond motifs is 1. The molecule has 1 heterocycles. The summed E-state index contributed by atoms with van der Waals surface area (Å²) in [6, 6.07) is 22.1. The number of methoxy groups -OCH3 is 1. The third-order valence-corrected chi connectivity index (χ3v) is 4.90. The molecule has 140 valence electrons. The number of aromatic nitrogens is 2. The standard InChI is InChI=1S/C22H19BrN4O/c1-28-19-4-2-3-15(11-19)13-24-18-9-10-21-20(12-18)22(26-14-25-21)27-17-7-5-16(23)6-8-17/h2-12,14,24H,13H2,1H3,(H,25,26,27). The van der Waals surface area contributed by atoms with Gasteiger partial charge in [-0.15, -0.1) is 0 Å². The van der Waals surface area contributed by atoms with Crippen molar-refractivity contribution in [1.29, 1.82) is 0 Å². The highest BCUT2D eigenvalue weighted by Crippen LogP contribution is 2.27. The number of hydrogen-bond acceptors (Lipinski definition) is 5. The van der Waals surface area contributed by atoms with E-state index >= 15 is 0 Å². The molecule has 0 unspecified atom stereocenters. The monoisotopic (exact) mass is 434 g/mol. The number of nitrogens with one attached hydrogen (secondary N) is 2. The summed E-state index contributed by atoms with van der Waals surface area (Å²) < 4.78 is 6.33. The van der Waals surface area contributed by atoms with Gasteiger partial charge in [-0.1, -0.05) is 28.1 Å². The van der Waals surface area contributed by atoms with Crippen molar-refractivity contribution in [3.63, 3.8) is 0 Å². The van der Waals surface area contributed by atoms with E-state index in [1.54, 1.807) is 13.4 Å². The van der Waals surface area contributed by atoms with Crippen molar-refractivity contribution in [3.05, 3.63) is 83.1 Å². The molecule has 5 nitrogen and oxygen atoms in total. The lowest BCUT2D eigenvalue weighted by Gasteiger charge is -2.11. The van der Waals surface area contributed by atoms with Gasteiger partial charge in [0.05, 0.1) is 12.6 Å². The van der Waals surface area contributed by atoms with Gasteiger partial charge < -0.3 is 15.4 Å². The lowest BCUT2D eigenvalue weighted by molar-refractivity contribution is 0.414. The zero-order valence-corrected chi connectivity index (χ0v) is 16.9. The summed E-state index contributed by atoms with van der Waals surface area (Å²) in [6.45, 7) is 0.700. The van der Waals surface area contributed by atoms with Crippen LogP contribution in [-0.2, 0) is 6.54 Å². The Morgan fingerprint density at radius 2 is 1.75 bits per heavy atom. The predicted octanol–water partition coefficient (Wildman–Crippen LogP) is 5.76. The highest BCUT2D eigenvalue weighted by molar-refractivity contribution is 9.10. The molecule has 28 heavy (non-hydrogen) atoms. The van der Waals surface area contributed by atoms with Crippen molar-refractivity contribution in [1.82, 2.24) is 9.97 Å². The van der Waals surface area contributed by atoms with E-state index in [1.807, 2.05) is 54.6 Å². The van der Waals surface area contributed by atoms with Crippen molar-refractivity contribution < 1.29 is 4.74 Å². The van der Waals surface area contributed by atoms with Crippen molar-refractivity contribution in [3.8, 4) is 5.75 Å². The summed E-state index contributed by atoms with van der Waals surface area (Å²) in [4.78, 5) is 8.81. The molecule has 0 amide bonds. The van der Waals surface area contributed by atoms with Crippen molar-refractivity contribution >= 4 is 44.0 Å². The summed E-state index contributed by atoms with van der Waals surface area (Å²) in [7, 11) is 1.68. The van der Waals surface area contributed by atoms with Gasteiger partial charge in [-0.3, -0.25) is 0 Å². The number of rotatable bonds is 6. The molecule has 4 aromatic rings. The normalized spacial score (nSPS) is 10.6. The molecule has 0 aliphatic rings. The maximum Gasteiger partial charge on any atom is 0.141 e. The van der Waals surface area contributed by atoms with Crippen LogP contribution in [0.5, 0.6) is 5.75 Å². The van der Waals surface area contributed by atoms with E-state index in [0.717, 1.165) is 43.9 Å². The van der Waals surface area contributed by atoms with Crippen LogP contribution in [0.1, 0.15) is 5.56 Å². The van der Waals surface area contributed by atoms with Crippen LogP contribution < -0.4 is 15.4 Å². The SMILES string of the molecule is COc1cccc(CNc2ccc3ncnc(Nc4ccc(Br)cc4)c3c2)c1. The van der Waals surface area contributed by atoms with Gasteiger partial charge in [0.15, 0.2) is 0 Å². The van der Waals surface area contributed by atoms with Crippen LogP contribution in [0.3, 0.4) is 0 Å². The average molecular weight is 435 g/mol. The third-order valence-electron chi connectivity index (χ3n) is 4.37. The molecule has 4 rings (SSSR count). The Bertz CT molecular complexity index is 1100. The number of ether oxygens (including phenoxy) is 1. The summed E-state index contributed by atoms with van der Waals surface area (Å²) in [5.74, 6) is 1.63. The first-order chi connectivity index (χ1) is 13.7. The maximum absolute atomic E-state index is 5.29. The lowest BCUT2D eigenvalue weighted by Crippen LogP contribution is -2.01. The van der Waals surface area contributed by atoms with Crippen LogP contribution in [0.25, 0.3) is 10.9 Å².